The van der Waals surface area contributed by atoms with Crippen LogP contribution in [0, 0.1) is 21.8 Å². The predicted molar refractivity (Wildman–Crippen MR) is 99.8 cm³/mol. The van der Waals surface area contributed by atoms with Crippen molar-refractivity contribution < 1.29 is 18.9 Å². The normalized spacial score (nSPS) is 15.6. The molecule has 2 heterocycles. The first-order valence-corrected chi connectivity index (χ1v) is 9.60. The fourth-order valence-corrected chi connectivity index (χ4v) is 4.04. The van der Waals surface area contributed by atoms with Crippen molar-refractivity contribution in [2.45, 2.75) is 19.3 Å². The monoisotopic (exact) mass is 390 g/mol. The average molecular weight is 390 g/mol. The van der Waals surface area contributed by atoms with Crippen molar-refractivity contribution in [1.82, 2.24) is 4.90 Å². The Kier molecular flexibility index (Phi) is 6.08. The van der Waals surface area contributed by atoms with Crippen LogP contribution in [0.25, 0.3) is 0 Å². The van der Waals surface area contributed by atoms with Gasteiger partial charge in [0.1, 0.15) is 5.82 Å². The van der Waals surface area contributed by atoms with Crippen molar-refractivity contribution in [2.24, 2.45) is 5.92 Å². The van der Waals surface area contributed by atoms with Crippen molar-refractivity contribution in [3.63, 3.8) is 0 Å². The number of hydrogen-bond acceptors (Lipinski definition) is 6. The average Bonchev–Trinajstić information content (AvgIpc) is 3.17. The van der Waals surface area contributed by atoms with Gasteiger partial charge in [-0.15, -0.1) is 11.3 Å². The fraction of sp³-hybridized carbons (Fsp3) is 0.368. The molecule has 6 nitrogen and oxygen atoms in total. The lowest BCUT2D eigenvalue weighted by Gasteiger charge is -2.31. The van der Waals surface area contributed by atoms with Gasteiger partial charge in [0, 0.05) is 30.5 Å². The van der Waals surface area contributed by atoms with Crippen LogP contribution in [0.4, 0.5) is 10.1 Å². The third-order valence-corrected chi connectivity index (χ3v) is 5.77. The molecule has 0 bridgehead atoms. The van der Waals surface area contributed by atoms with Crippen LogP contribution in [0.15, 0.2) is 35.7 Å². The molecule has 1 aromatic carbocycles. The van der Waals surface area contributed by atoms with Gasteiger partial charge >= 0.3 is 0 Å². The molecule has 0 radical (unpaired) electrons. The lowest BCUT2D eigenvalue weighted by Crippen LogP contribution is -2.37. The zero-order chi connectivity index (χ0) is 19.4. The van der Waals surface area contributed by atoms with Crippen LogP contribution in [-0.2, 0) is 0 Å². The highest BCUT2D eigenvalue weighted by Crippen LogP contribution is 2.24. The second-order valence-corrected chi connectivity index (χ2v) is 7.50. The van der Waals surface area contributed by atoms with E-state index in [0.29, 0.717) is 36.2 Å². The zero-order valence-electron chi connectivity index (χ0n) is 14.6. The van der Waals surface area contributed by atoms with Gasteiger partial charge in [-0.25, -0.2) is 4.39 Å². The number of carbonyl (C=O) groups is 2. The summed E-state index contributed by atoms with van der Waals surface area (Å²) < 4.78 is 13.0. The Hall–Kier alpha value is -2.45. The van der Waals surface area contributed by atoms with Crippen LogP contribution < -0.4 is 0 Å². The lowest BCUT2D eigenvalue weighted by atomic mass is 9.89. The van der Waals surface area contributed by atoms with Gasteiger partial charge in [0.15, 0.2) is 11.6 Å². The minimum absolute atomic E-state index is 0.0385. The fourth-order valence-electron chi connectivity index (χ4n) is 3.22. The van der Waals surface area contributed by atoms with Gasteiger partial charge in [-0.1, -0.05) is 0 Å². The molecule has 1 fully saturated rings. The smallest absolute Gasteiger partial charge is 0.280 e. The molecule has 142 valence electrons. The zero-order valence-corrected chi connectivity index (χ0v) is 15.4. The van der Waals surface area contributed by atoms with Crippen LogP contribution in [0.1, 0.15) is 39.3 Å². The number of benzene rings is 1. The Morgan fingerprint density at radius 1 is 1.22 bits per heavy atom. The van der Waals surface area contributed by atoms with E-state index in [1.807, 2.05) is 0 Å². The summed E-state index contributed by atoms with van der Waals surface area (Å²) in [5, 5.41) is 12.1. The molecule has 8 heteroatoms. The number of ketones is 2. The van der Waals surface area contributed by atoms with E-state index in [1.54, 1.807) is 0 Å². The van der Waals surface area contributed by atoms with E-state index in [0.717, 1.165) is 24.4 Å². The van der Waals surface area contributed by atoms with Gasteiger partial charge < -0.3 is 4.90 Å². The molecule has 2 aromatic rings. The quantitative estimate of drug-likeness (QED) is 0.406. The van der Waals surface area contributed by atoms with E-state index >= 15 is 0 Å². The van der Waals surface area contributed by atoms with Crippen molar-refractivity contribution in [2.75, 3.05) is 19.6 Å². The van der Waals surface area contributed by atoms with E-state index in [1.165, 1.54) is 35.7 Å². The molecule has 1 aromatic heterocycles. The highest BCUT2D eigenvalue weighted by molar-refractivity contribution is 7.12. The molecule has 0 unspecified atom stereocenters. The molecule has 0 N–H and O–H groups in total. The molecule has 0 atom stereocenters. The maximum Gasteiger partial charge on any atom is 0.280 e. The highest BCUT2D eigenvalue weighted by Gasteiger charge is 2.26. The van der Waals surface area contributed by atoms with Crippen LogP contribution >= 0.6 is 11.3 Å². The largest absolute Gasteiger partial charge is 0.303 e. The van der Waals surface area contributed by atoms with E-state index < -0.39 is 4.92 Å². The summed E-state index contributed by atoms with van der Waals surface area (Å²) in [4.78, 5) is 37.4. The molecular formula is C19H19FN2O4S. The SMILES string of the molecule is O=C(CCN1CCC(C(=O)c2ccc(F)cc2)CC1)c1cc([N+](=O)[O-])cs1. The Labute approximate surface area is 159 Å². The minimum atomic E-state index is -0.504. The number of nitrogens with zero attached hydrogens (tertiary/aromatic N) is 2. The molecule has 1 aliphatic rings. The topological polar surface area (TPSA) is 80.5 Å². The molecule has 1 saturated heterocycles. The van der Waals surface area contributed by atoms with Crippen LogP contribution in [0.5, 0.6) is 0 Å². The molecule has 1 aliphatic heterocycles. The Morgan fingerprint density at radius 3 is 2.48 bits per heavy atom. The predicted octanol–water partition coefficient (Wildman–Crippen LogP) is 3.96. The number of thiophene rings is 1. The molecule has 0 saturated carbocycles. The Balaban J connectivity index is 1.46. The maximum absolute atomic E-state index is 13.0. The number of likely N-dealkylation sites (tertiary alicyclic amines) is 1. The summed E-state index contributed by atoms with van der Waals surface area (Å²) in [6, 6.07) is 6.94. The van der Waals surface area contributed by atoms with Crippen LogP contribution in [0.3, 0.4) is 0 Å². The third-order valence-electron chi connectivity index (χ3n) is 4.81. The van der Waals surface area contributed by atoms with E-state index in [2.05, 4.69) is 4.90 Å². The second-order valence-electron chi connectivity index (χ2n) is 6.59. The molecule has 0 aliphatic carbocycles. The summed E-state index contributed by atoms with van der Waals surface area (Å²) in [7, 11) is 0. The number of piperidine rings is 1. The Bertz CT molecular complexity index is 842. The molecule has 0 spiro atoms. The van der Waals surface area contributed by atoms with Gasteiger partial charge in [-0.05, 0) is 50.2 Å². The van der Waals surface area contributed by atoms with Crippen molar-refractivity contribution in [3.05, 3.63) is 62.1 Å². The van der Waals surface area contributed by atoms with Gasteiger partial charge in [-0.2, -0.15) is 0 Å². The Morgan fingerprint density at radius 2 is 1.89 bits per heavy atom. The molecular weight excluding hydrogens is 371 g/mol. The summed E-state index contributed by atoms with van der Waals surface area (Å²) in [5.74, 6) is -0.501. The molecule has 0 amide bonds. The summed E-state index contributed by atoms with van der Waals surface area (Å²) in [5.41, 5.74) is 0.479. The van der Waals surface area contributed by atoms with Crippen molar-refractivity contribution >= 4 is 28.6 Å². The lowest BCUT2D eigenvalue weighted by molar-refractivity contribution is -0.384. The van der Waals surface area contributed by atoms with E-state index in [9.17, 15) is 24.1 Å². The van der Waals surface area contributed by atoms with Crippen molar-refractivity contribution in [3.8, 4) is 0 Å². The van der Waals surface area contributed by atoms with Gasteiger partial charge in [0.05, 0.1) is 15.2 Å². The maximum atomic E-state index is 13.0. The number of rotatable bonds is 7. The number of Topliss-reactive ketones (excluding diaryl/α,β-unsaturated/α-hetero) is 2. The van der Waals surface area contributed by atoms with Crippen LogP contribution in [0.2, 0.25) is 0 Å². The van der Waals surface area contributed by atoms with E-state index in [-0.39, 0.29) is 29.0 Å². The highest BCUT2D eigenvalue weighted by atomic mass is 32.1. The minimum Gasteiger partial charge on any atom is -0.303 e. The van der Waals surface area contributed by atoms with Gasteiger partial charge in [0.25, 0.3) is 5.69 Å². The first-order chi connectivity index (χ1) is 12.9. The van der Waals surface area contributed by atoms with Gasteiger partial charge in [-0.3, -0.25) is 19.7 Å². The first kappa shape index (κ1) is 19.3. The van der Waals surface area contributed by atoms with Gasteiger partial charge in [0.2, 0.25) is 0 Å². The second kappa shape index (κ2) is 8.49. The standard InChI is InChI=1S/C19H19FN2O4S/c20-15-3-1-13(2-4-15)19(24)14-5-8-21(9-6-14)10-7-17(23)18-11-16(12-27-18)22(25)26/h1-4,11-12,14H,5-10H2. The van der Waals surface area contributed by atoms with Crippen molar-refractivity contribution in [1.29, 1.82) is 0 Å². The number of halogens is 1. The van der Waals surface area contributed by atoms with E-state index in [4.69, 9.17) is 0 Å². The number of hydrogen-bond donors (Lipinski definition) is 0. The van der Waals surface area contributed by atoms with Crippen LogP contribution in [-0.4, -0.2) is 41.0 Å². The molecule has 3 rings (SSSR count). The molecule has 27 heavy (non-hydrogen) atoms. The first-order valence-electron chi connectivity index (χ1n) is 8.72. The number of carbonyl (C=O) groups excluding carboxylic acids is 2. The third kappa shape index (κ3) is 4.84. The number of nitro groups is 1. The summed E-state index contributed by atoms with van der Waals surface area (Å²) in [6.07, 6.45) is 1.71. The summed E-state index contributed by atoms with van der Waals surface area (Å²) in [6.45, 7) is 2.01. The summed E-state index contributed by atoms with van der Waals surface area (Å²) >= 11 is 1.09.